The summed E-state index contributed by atoms with van der Waals surface area (Å²) in [6.07, 6.45) is 4.72. The molecule has 0 amide bonds. The second kappa shape index (κ2) is 9.00. The molecule has 0 aliphatic carbocycles. The highest BCUT2D eigenvalue weighted by Crippen LogP contribution is 1.20. The van der Waals surface area contributed by atoms with Crippen LogP contribution in [0.2, 0.25) is 0 Å². The molecule has 0 fully saturated rings. The van der Waals surface area contributed by atoms with Crippen molar-refractivity contribution in [1.29, 1.82) is 0 Å². The Bertz CT molecular complexity index is 36.6. The van der Waals surface area contributed by atoms with Crippen molar-refractivity contribution < 1.29 is 22.7 Å². The molecule has 0 bridgehead atoms. The van der Waals surface area contributed by atoms with Crippen molar-refractivity contribution in [2.45, 2.75) is 0 Å². The standard InChI is InChI=1S/C3H5N.BrH/c1-2-3-4;/h1H,3-4H2;1H. The fraction of sp³-hybridized carbons (Fsp3) is 0.333. The zero-order valence-corrected chi connectivity index (χ0v) is 4.46. The molecule has 0 rings (SSSR count). The Hall–Kier alpha value is 0. The van der Waals surface area contributed by atoms with Crippen LogP contribution in [0.1, 0.15) is 0 Å². The molecule has 0 aliphatic rings. The molecule has 0 radical (unpaired) electrons. The molecular weight excluding hydrogens is 130 g/mol. The van der Waals surface area contributed by atoms with Crippen molar-refractivity contribution in [3.8, 4) is 12.3 Å². The highest BCUT2D eigenvalue weighted by Gasteiger charge is 1.46. The van der Waals surface area contributed by atoms with Gasteiger partial charge in [-0.1, -0.05) is 0 Å². The fourth-order valence-corrected chi connectivity index (χ4v) is 0. The Morgan fingerprint density at radius 3 is 2.00 bits per heavy atom. The van der Waals surface area contributed by atoms with E-state index in [0.29, 0.717) is 6.54 Å². The van der Waals surface area contributed by atoms with Crippen LogP contribution in [-0.2, 0) is 0 Å². The number of hydrogen-bond acceptors (Lipinski definition) is 0. The highest BCUT2D eigenvalue weighted by atomic mass is 79.9. The number of terminal acetylenes is 1. The lowest BCUT2D eigenvalue weighted by atomic mass is 10.7. The van der Waals surface area contributed by atoms with Crippen LogP contribution in [0.4, 0.5) is 0 Å². The molecule has 0 atom stereocenters. The molecule has 30 valence electrons. The number of quaternary nitrogens is 1. The summed E-state index contributed by atoms with van der Waals surface area (Å²) in [5, 5.41) is 0. The van der Waals surface area contributed by atoms with Crippen LogP contribution in [-0.4, -0.2) is 6.54 Å². The van der Waals surface area contributed by atoms with Gasteiger partial charge in [0.25, 0.3) is 0 Å². The third-order valence-electron chi connectivity index (χ3n) is 0.144. The zero-order chi connectivity index (χ0) is 3.41. The van der Waals surface area contributed by atoms with Gasteiger partial charge < -0.3 is 22.7 Å². The van der Waals surface area contributed by atoms with Gasteiger partial charge in [-0.3, -0.25) is 0 Å². The van der Waals surface area contributed by atoms with Crippen LogP contribution >= 0.6 is 0 Å². The average molecular weight is 136 g/mol. The van der Waals surface area contributed by atoms with Crippen LogP contribution in [0.3, 0.4) is 0 Å². The highest BCUT2D eigenvalue weighted by molar-refractivity contribution is 4.80. The Labute approximate surface area is 42.3 Å². The molecule has 0 aromatic heterocycles. The fourth-order valence-electron chi connectivity index (χ4n) is 0. The summed E-state index contributed by atoms with van der Waals surface area (Å²) in [4.78, 5) is 0. The van der Waals surface area contributed by atoms with E-state index in [2.05, 4.69) is 11.7 Å². The zero-order valence-electron chi connectivity index (χ0n) is 2.87. The molecule has 1 nitrogen and oxygen atoms in total. The van der Waals surface area contributed by atoms with Gasteiger partial charge >= 0.3 is 0 Å². The number of hydrogen-bond donors (Lipinski definition) is 1. The van der Waals surface area contributed by atoms with E-state index < -0.39 is 0 Å². The molecule has 0 aliphatic heterocycles. The molecule has 0 aromatic carbocycles. The summed E-state index contributed by atoms with van der Waals surface area (Å²) in [6.45, 7) is 0.597. The van der Waals surface area contributed by atoms with Gasteiger partial charge in [0.05, 0.1) is 0 Å². The minimum Gasteiger partial charge on any atom is -1.00 e. The molecule has 0 heterocycles. The molecule has 0 saturated carbocycles. The van der Waals surface area contributed by atoms with Gasteiger partial charge in [-0.15, -0.1) is 6.42 Å². The monoisotopic (exact) mass is 135 g/mol. The third-order valence-corrected chi connectivity index (χ3v) is 0.144. The largest absolute Gasteiger partial charge is 1.00 e. The minimum absolute atomic E-state index is 0. The summed E-state index contributed by atoms with van der Waals surface area (Å²) in [6, 6.07) is 0. The quantitative estimate of drug-likeness (QED) is 0.327. The summed E-state index contributed by atoms with van der Waals surface area (Å²) in [7, 11) is 0. The van der Waals surface area contributed by atoms with E-state index in [1.54, 1.807) is 0 Å². The first-order chi connectivity index (χ1) is 1.91. The maximum atomic E-state index is 4.72. The number of halogens is 1. The first-order valence-corrected chi connectivity index (χ1v) is 1.14. The summed E-state index contributed by atoms with van der Waals surface area (Å²) >= 11 is 0. The lowest BCUT2D eigenvalue weighted by Crippen LogP contribution is -3.00. The average Bonchev–Trinajstić information content (AvgIpc) is 1.37. The lowest BCUT2D eigenvalue weighted by molar-refractivity contribution is -0.349. The van der Waals surface area contributed by atoms with E-state index >= 15 is 0 Å². The van der Waals surface area contributed by atoms with Crippen LogP contribution in [0, 0.1) is 12.3 Å². The van der Waals surface area contributed by atoms with Crippen molar-refractivity contribution in [2.75, 3.05) is 6.54 Å². The summed E-state index contributed by atoms with van der Waals surface area (Å²) < 4.78 is 0. The van der Waals surface area contributed by atoms with Gasteiger partial charge in [0.2, 0.25) is 0 Å². The topological polar surface area (TPSA) is 27.6 Å². The van der Waals surface area contributed by atoms with E-state index in [0.717, 1.165) is 0 Å². The molecule has 0 aromatic rings. The van der Waals surface area contributed by atoms with Crippen LogP contribution in [0.5, 0.6) is 0 Å². The van der Waals surface area contributed by atoms with Gasteiger partial charge in [-0.05, 0) is 5.92 Å². The molecule has 0 unspecified atom stereocenters. The van der Waals surface area contributed by atoms with Crippen molar-refractivity contribution in [2.24, 2.45) is 0 Å². The Morgan fingerprint density at radius 2 is 2.00 bits per heavy atom. The van der Waals surface area contributed by atoms with Crippen LogP contribution in [0.25, 0.3) is 0 Å². The predicted molar refractivity (Wildman–Crippen MR) is 16.6 cm³/mol. The molecule has 2 heteroatoms. The molecular formula is C3H6BrN. The first-order valence-electron chi connectivity index (χ1n) is 1.14. The van der Waals surface area contributed by atoms with Gasteiger partial charge in [0.1, 0.15) is 6.54 Å². The second-order valence-corrected chi connectivity index (χ2v) is 0.454. The Balaban J connectivity index is 0. The van der Waals surface area contributed by atoms with Gasteiger partial charge in [-0.2, -0.15) is 0 Å². The lowest BCUT2D eigenvalue weighted by Gasteiger charge is -1.52. The van der Waals surface area contributed by atoms with Gasteiger partial charge in [0.15, 0.2) is 0 Å². The first kappa shape index (κ1) is 8.89. The van der Waals surface area contributed by atoms with Crippen molar-refractivity contribution in [1.82, 2.24) is 0 Å². The smallest absolute Gasteiger partial charge is 0.136 e. The second-order valence-electron chi connectivity index (χ2n) is 0.454. The Morgan fingerprint density at radius 1 is 1.80 bits per heavy atom. The van der Waals surface area contributed by atoms with Crippen molar-refractivity contribution >= 4 is 0 Å². The van der Waals surface area contributed by atoms with E-state index in [4.69, 9.17) is 6.42 Å². The molecule has 3 N–H and O–H groups in total. The van der Waals surface area contributed by atoms with E-state index in [1.165, 1.54) is 0 Å². The SMILES string of the molecule is C#CC[NH3+].[Br-]. The Kier molecular flexibility index (Phi) is 16.0. The van der Waals surface area contributed by atoms with Gasteiger partial charge in [-0.25, -0.2) is 0 Å². The van der Waals surface area contributed by atoms with Crippen molar-refractivity contribution in [3.05, 3.63) is 0 Å². The summed E-state index contributed by atoms with van der Waals surface area (Å²) in [5.41, 5.74) is 3.37. The van der Waals surface area contributed by atoms with Gasteiger partial charge in [0, 0.05) is 0 Å². The normalized spacial score (nSPS) is 4.00. The maximum absolute atomic E-state index is 4.72. The molecule has 0 saturated heterocycles. The number of rotatable bonds is 0. The third kappa shape index (κ3) is 16.0. The van der Waals surface area contributed by atoms with Crippen molar-refractivity contribution in [3.63, 3.8) is 0 Å². The predicted octanol–water partition coefficient (Wildman–Crippen LogP) is -4.13. The van der Waals surface area contributed by atoms with E-state index in [-0.39, 0.29) is 17.0 Å². The van der Waals surface area contributed by atoms with E-state index in [9.17, 15) is 0 Å². The molecule has 5 heavy (non-hydrogen) atoms. The van der Waals surface area contributed by atoms with Crippen LogP contribution in [0.15, 0.2) is 0 Å². The van der Waals surface area contributed by atoms with Crippen LogP contribution < -0.4 is 22.7 Å². The maximum Gasteiger partial charge on any atom is 0.136 e. The summed E-state index contributed by atoms with van der Waals surface area (Å²) in [5.74, 6) is 2.32. The minimum atomic E-state index is 0. The van der Waals surface area contributed by atoms with E-state index in [1.807, 2.05) is 0 Å². The molecule has 0 spiro atoms.